The summed E-state index contributed by atoms with van der Waals surface area (Å²) in [6.07, 6.45) is 0. The van der Waals surface area contributed by atoms with E-state index < -0.39 is 9.05 Å². The molecule has 0 bridgehead atoms. The van der Waals surface area contributed by atoms with Crippen LogP contribution in [0.25, 0.3) is 10.1 Å². The zero-order valence-corrected chi connectivity index (χ0v) is 9.84. The van der Waals surface area contributed by atoms with Gasteiger partial charge in [0, 0.05) is 20.4 Å². The third-order valence-corrected chi connectivity index (χ3v) is 5.11. The minimum atomic E-state index is -3.63. The monoisotopic (exact) mass is 266 g/mol. The molecule has 0 spiro atoms. The number of halogens is 2. The molecular weight excluding hydrogens is 263 g/mol. The summed E-state index contributed by atoms with van der Waals surface area (Å²) in [6, 6.07) is 6.73. The van der Waals surface area contributed by atoms with E-state index in [9.17, 15) is 8.42 Å². The second kappa shape index (κ2) is 3.38. The maximum Gasteiger partial charge on any atom is 0.270 e. The molecule has 0 saturated carbocycles. The Morgan fingerprint density at radius 2 is 1.93 bits per heavy atom. The van der Waals surface area contributed by atoms with E-state index in [1.807, 2.05) is 0 Å². The van der Waals surface area contributed by atoms with Crippen molar-refractivity contribution >= 4 is 52.8 Å². The van der Waals surface area contributed by atoms with Crippen molar-refractivity contribution in [3.05, 3.63) is 29.3 Å². The Morgan fingerprint density at radius 3 is 2.57 bits per heavy atom. The van der Waals surface area contributed by atoms with Gasteiger partial charge in [-0.15, -0.1) is 11.3 Å². The fourth-order valence-electron chi connectivity index (χ4n) is 1.10. The molecule has 0 aliphatic rings. The van der Waals surface area contributed by atoms with Crippen molar-refractivity contribution in [2.24, 2.45) is 0 Å². The van der Waals surface area contributed by atoms with Gasteiger partial charge >= 0.3 is 0 Å². The van der Waals surface area contributed by atoms with Crippen LogP contribution in [0.1, 0.15) is 0 Å². The number of rotatable bonds is 1. The fourth-order valence-corrected chi connectivity index (χ4v) is 3.52. The molecule has 2 aromatic rings. The molecule has 0 fully saturated rings. The van der Waals surface area contributed by atoms with Gasteiger partial charge < -0.3 is 0 Å². The average Bonchev–Trinajstić information content (AvgIpc) is 2.45. The lowest BCUT2D eigenvalue weighted by Crippen LogP contribution is -1.83. The van der Waals surface area contributed by atoms with Crippen molar-refractivity contribution in [2.75, 3.05) is 0 Å². The van der Waals surface area contributed by atoms with Crippen LogP contribution in [-0.4, -0.2) is 8.42 Å². The third-order valence-electron chi connectivity index (χ3n) is 1.70. The maximum atomic E-state index is 11.0. The molecule has 0 radical (unpaired) electrons. The van der Waals surface area contributed by atoms with Crippen LogP contribution < -0.4 is 0 Å². The quantitative estimate of drug-likeness (QED) is 0.741. The zero-order valence-electron chi connectivity index (χ0n) is 6.70. The number of thiophene rings is 1. The van der Waals surface area contributed by atoms with Gasteiger partial charge in [0.2, 0.25) is 0 Å². The van der Waals surface area contributed by atoms with E-state index in [1.54, 1.807) is 24.3 Å². The molecule has 2 nitrogen and oxygen atoms in total. The standard InChI is InChI=1S/C8H4Cl2O2S2/c9-6-2-1-5-3-8(14(10,11)12)13-7(5)4-6/h1-4H. The molecule has 0 saturated heterocycles. The van der Waals surface area contributed by atoms with E-state index >= 15 is 0 Å². The lowest BCUT2D eigenvalue weighted by molar-refractivity contribution is 0.611. The van der Waals surface area contributed by atoms with Gasteiger partial charge in [-0.25, -0.2) is 8.42 Å². The summed E-state index contributed by atoms with van der Waals surface area (Å²) in [7, 11) is 1.59. The highest BCUT2D eigenvalue weighted by Gasteiger charge is 2.13. The molecule has 74 valence electrons. The smallest absolute Gasteiger partial charge is 0.206 e. The summed E-state index contributed by atoms with van der Waals surface area (Å²) in [5.74, 6) is 0. The third kappa shape index (κ3) is 1.88. The van der Waals surface area contributed by atoms with Gasteiger partial charge in [0.15, 0.2) is 0 Å². The minimum Gasteiger partial charge on any atom is -0.206 e. The van der Waals surface area contributed by atoms with Gasteiger partial charge in [0.1, 0.15) is 4.21 Å². The number of fused-ring (bicyclic) bond motifs is 1. The predicted octanol–water partition coefficient (Wildman–Crippen LogP) is 3.48. The highest BCUT2D eigenvalue weighted by molar-refractivity contribution is 8.15. The van der Waals surface area contributed by atoms with Crippen molar-refractivity contribution in [1.82, 2.24) is 0 Å². The van der Waals surface area contributed by atoms with Crippen molar-refractivity contribution in [3.8, 4) is 0 Å². The van der Waals surface area contributed by atoms with Crippen LogP contribution in [0.2, 0.25) is 5.02 Å². The lowest BCUT2D eigenvalue weighted by Gasteiger charge is -1.87. The Hall–Kier alpha value is -0.290. The van der Waals surface area contributed by atoms with E-state index in [0.29, 0.717) is 5.02 Å². The van der Waals surface area contributed by atoms with Crippen LogP contribution in [0.4, 0.5) is 0 Å². The van der Waals surface area contributed by atoms with Crippen molar-refractivity contribution < 1.29 is 8.42 Å². The Labute approximate surface area is 94.5 Å². The summed E-state index contributed by atoms with van der Waals surface area (Å²) in [5.41, 5.74) is 0. The van der Waals surface area contributed by atoms with Gasteiger partial charge in [-0.05, 0) is 23.6 Å². The van der Waals surface area contributed by atoms with E-state index in [-0.39, 0.29) is 4.21 Å². The number of hydrogen-bond donors (Lipinski definition) is 0. The first-order valence-corrected chi connectivity index (χ1v) is 7.11. The maximum absolute atomic E-state index is 11.0. The summed E-state index contributed by atoms with van der Waals surface area (Å²) < 4.78 is 23.0. The van der Waals surface area contributed by atoms with Crippen LogP contribution in [-0.2, 0) is 9.05 Å². The molecule has 0 aliphatic carbocycles. The van der Waals surface area contributed by atoms with Crippen molar-refractivity contribution in [3.63, 3.8) is 0 Å². The predicted molar refractivity (Wildman–Crippen MR) is 59.9 cm³/mol. The molecular formula is C8H4Cl2O2S2. The van der Waals surface area contributed by atoms with Gasteiger partial charge in [-0.2, -0.15) is 0 Å². The first-order chi connectivity index (χ1) is 6.47. The SMILES string of the molecule is O=S(=O)(Cl)c1cc2ccc(Cl)cc2s1. The molecule has 0 aliphatic heterocycles. The Morgan fingerprint density at radius 1 is 1.21 bits per heavy atom. The van der Waals surface area contributed by atoms with Crippen LogP contribution >= 0.6 is 33.6 Å². The second-order valence-corrected chi connectivity index (χ2v) is 7.00. The first kappa shape index (κ1) is 10.2. The molecule has 0 atom stereocenters. The number of hydrogen-bond acceptors (Lipinski definition) is 3. The van der Waals surface area contributed by atoms with Crippen LogP contribution in [0, 0.1) is 0 Å². The summed E-state index contributed by atoms with van der Waals surface area (Å²) in [6.45, 7) is 0. The van der Waals surface area contributed by atoms with Crippen molar-refractivity contribution in [1.29, 1.82) is 0 Å². The zero-order chi connectivity index (χ0) is 10.3. The Balaban J connectivity index is 2.75. The van der Waals surface area contributed by atoms with Gasteiger partial charge in [-0.1, -0.05) is 17.7 Å². The van der Waals surface area contributed by atoms with Crippen molar-refractivity contribution in [2.45, 2.75) is 4.21 Å². The molecule has 0 unspecified atom stereocenters. The molecule has 1 heterocycles. The highest BCUT2D eigenvalue weighted by Crippen LogP contribution is 2.32. The van der Waals surface area contributed by atoms with Gasteiger partial charge in [0.25, 0.3) is 9.05 Å². The topological polar surface area (TPSA) is 34.1 Å². The summed E-state index contributed by atoms with van der Waals surface area (Å²) >= 11 is 6.88. The lowest BCUT2D eigenvalue weighted by atomic mass is 10.3. The molecule has 0 N–H and O–H groups in total. The second-order valence-electron chi connectivity index (χ2n) is 2.69. The first-order valence-electron chi connectivity index (χ1n) is 3.60. The summed E-state index contributed by atoms with van der Waals surface area (Å²) in [5, 5.41) is 1.41. The summed E-state index contributed by atoms with van der Waals surface area (Å²) in [4.78, 5) is 0. The molecule has 6 heteroatoms. The Kier molecular flexibility index (Phi) is 2.47. The normalized spacial score (nSPS) is 12.1. The molecule has 2 rings (SSSR count). The van der Waals surface area contributed by atoms with E-state index in [4.69, 9.17) is 22.3 Å². The van der Waals surface area contributed by atoms with E-state index in [0.717, 1.165) is 21.4 Å². The van der Waals surface area contributed by atoms with Crippen LogP contribution in [0.15, 0.2) is 28.5 Å². The fraction of sp³-hybridized carbons (Fsp3) is 0. The van der Waals surface area contributed by atoms with E-state index in [1.165, 1.54) is 0 Å². The van der Waals surface area contributed by atoms with Gasteiger partial charge in [0.05, 0.1) is 0 Å². The van der Waals surface area contributed by atoms with Crippen LogP contribution in [0.5, 0.6) is 0 Å². The number of benzene rings is 1. The van der Waals surface area contributed by atoms with Crippen LogP contribution in [0.3, 0.4) is 0 Å². The Bertz CT molecular complexity index is 586. The largest absolute Gasteiger partial charge is 0.270 e. The average molecular weight is 267 g/mol. The molecule has 1 aromatic heterocycles. The molecule has 0 amide bonds. The molecule has 14 heavy (non-hydrogen) atoms. The van der Waals surface area contributed by atoms with E-state index in [2.05, 4.69) is 0 Å². The molecule has 1 aromatic carbocycles. The highest BCUT2D eigenvalue weighted by atomic mass is 35.7. The minimum absolute atomic E-state index is 0.149. The van der Waals surface area contributed by atoms with Gasteiger partial charge in [-0.3, -0.25) is 0 Å².